The highest BCUT2D eigenvalue weighted by atomic mass is 16.5. The smallest absolute Gasteiger partial charge is 0.224 e. The average Bonchev–Trinajstić information content (AvgIpc) is 2.59. The topological polar surface area (TPSA) is 64.6 Å². The van der Waals surface area contributed by atoms with Gasteiger partial charge in [-0.3, -0.25) is 9.59 Å². The van der Waals surface area contributed by atoms with Crippen molar-refractivity contribution < 1.29 is 19.1 Å². The Bertz CT molecular complexity index is 698. The van der Waals surface area contributed by atoms with E-state index in [0.717, 1.165) is 5.75 Å². The predicted molar refractivity (Wildman–Crippen MR) is 91.6 cm³/mol. The minimum absolute atomic E-state index is 0.0458. The van der Waals surface area contributed by atoms with Crippen molar-refractivity contribution in [3.63, 3.8) is 0 Å². The molecule has 5 heteroatoms. The third-order valence-corrected chi connectivity index (χ3v) is 3.47. The number of carbonyl (C=O) groups excluding carboxylic acids is 2. The van der Waals surface area contributed by atoms with Gasteiger partial charge in [0.15, 0.2) is 5.78 Å². The number of amides is 1. The lowest BCUT2D eigenvalue weighted by molar-refractivity contribution is -0.120. The van der Waals surface area contributed by atoms with E-state index in [1.807, 2.05) is 30.3 Å². The van der Waals surface area contributed by atoms with E-state index in [4.69, 9.17) is 9.47 Å². The van der Waals surface area contributed by atoms with Crippen LogP contribution in [0.4, 0.5) is 0 Å². The third-order valence-electron chi connectivity index (χ3n) is 3.47. The van der Waals surface area contributed by atoms with Crippen molar-refractivity contribution in [3.8, 4) is 11.5 Å². The molecule has 5 nitrogen and oxygen atoms in total. The van der Waals surface area contributed by atoms with E-state index in [-0.39, 0.29) is 18.1 Å². The van der Waals surface area contributed by atoms with Crippen molar-refractivity contribution in [2.24, 2.45) is 0 Å². The largest absolute Gasteiger partial charge is 0.496 e. The Kier molecular flexibility index (Phi) is 6.37. The molecule has 0 bridgehead atoms. The summed E-state index contributed by atoms with van der Waals surface area (Å²) in [5.74, 6) is 1.17. The zero-order valence-electron chi connectivity index (χ0n) is 13.9. The van der Waals surface area contributed by atoms with E-state index in [1.54, 1.807) is 18.2 Å². The summed E-state index contributed by atoms with van der Waals surface area (Å²) in [4.78, 5) is 23.5. The maximum atomic E-state index is 12.1. The molecule has 1 N–H and O–H groups in total. The highest BCUT2D eigenvalue weighted by molar-refractivity contribution is 5.94. The normalized spacial score (nSPS) is 10.1. The van der Waals surface area contributed by atoms with Crippen LogP contribution in [0.1, 0.15) is 22.8 Å². The fraction of sp³-hybridized carbons (Fsp3) is 0.263. The van der Waals surface area contributed by atoms with E-state index in [1.165, 1.54) is 14.0 Å². The molecule has 1 amide bonds. The lowest BCUT2D eigenvalue weighted by atomic mass is 10.0. The molecule has 0 fully saturated rings. The van der Waals surface area contributed by atoms with Gasteiger partial charge in [0.1, 0.15) is 18.1 Å². The number of nitrogens with one attached hydrogen (secondary N) is 1. The highest BCUT2D eigenvalue weighted by Gasteiger charge is 2.11. The van der Waals surface area contributed by atoms with Crippen molar-refractivity contribution >= 4 is 11.7 Å². The number of hydrogen-bond acceptors (Lipinski definition) is 4. The molecule has 0 saturated carbocycles. The maximum absolute atomic E-state index is 12.1. The molecule has 0 heterocycles. The number of para-hydroxylation sites is 1. The second-order valence-electron chi connectivity index (χ2n) is 5.27. The van der Waals surface area contributed by atoms with Gasteiger partial charge in [0, 0.05) is 11.1 Å². The van der Waals surface area contributed by atoms with Gasteiger partial charge in [-0.05, 0) is 37.3 Å². The zero-order valence-corrected chi connectivity index (χ0v) is 13.9. The first-order chi connectivity index (χ1) is 11.6. The third kappa shape index (κ3) is 5.12. The van der Waals surface area contributed by atoms with E-state index in [0.29, 0.717) is 30.0 Å². The highest BCUT2D eigenvalue weighted by Crippen LogP contribution is 2.20. The molecule has 0 aliphatic carbocycles. The van der Waals surface area contributed by atoms with Crippen LogP contribution < -0.4 is 14.8 Å². The Morgan fingerprint density at radius 2 is 1.83 bits per heavy atom. The molecule has 0 saturated heterocycles. The van der Waals surface area contributed by atoms with Crippen LogP contribution in [0.2, 0.25) is 0 Å². The zero-order chi connectivity index (χ0) is 17.4. The Morgan fingerprint density at radius 1 is 1.08 bits per heavy atom. The molecule has 24 heavy (non-hydrogen) atoms. The van der Waals surface area contributed by atoms with Gasteiger partial charge in [-0.2, -0.15) is 0 Å². The molecule has 0 aromatic heterocycles. The van der Waals surface area contributed by atoms with Crippen molar-refractivity contribution in [3.05, 3.63) is 59.7 Å². The molecule has 0 atom stereocenters. The summed E-state index contributed by atoms with van der Waals surface area (Å²) in [6.45, 7) is 2.29. The molecule has 0 unspecified atom stereocenters. The Hall–Kier alpha value is -2.82. The maximum Gasteiger partial charge on any atom is 0.224 e. The van der Waals surface area contributed by atoms with Crippen molar-refractivity contribution in [2.75, 3.05) is 20.3 Å². The Labute approximate surface area is 141 Å². The number of benzene rings is 2. The van der Waals surface area contributed by atoms with Gasteiger partial charge < -0.3 is 14.8 Å². The van der Waals surface area contributed by atoms with Crippen LogP contribution in [0.25, 0.3) is 0 Å². The SMILES string of the molecule is COc1ccc(C(C)=O)cc1CC(=O)NCCOc1ccccc1. The molecular formula is C19H21NO4. The number of methoxy groups -OCH3 is 1. The molecule has 2 aromatic rings. The van der Waals surface area contributed by atoms with Crippen LogP contribution in [-0.2, 0) is 11.2 Å². The first kappa shape index (κ1) is 17.5. The van der Waals surface area contributed by atoms with Crippen LogP contribution >= 0.6 is 0 Å². The first-order valence-electron chi connectivity index (χ1n) is 7.72. The minimum Gasteiger partial charge on any atom is -0.496 e. The summed E-state index contributed by atoms with van der Waals surface area (Å²) in [7, 11) is 1.54. The summed E-state index contributed by atoms with van der Waals surface area (Å²) in [5, 5.41) is 2.80. The molecule has 126 valence electrons. The van der Waals surface area contributed by atoms with Crippen LogP contribution in [0.15, 0.2) is 48.5 Å². The van der Waals surface area contributed by atoms with Crippen LogP contribution in [0, 0.1) is 0 Å². The number of ether oxygens (including phenoxy) is 2. The second-order valence-corrected chi connectivity index (χ2v) is 5.27. The monoisotopic (exact) mass is 327 g/mol. The van der Waals surface area contributed by atoms with Gasteiger partial charge in [-0.25, -0.2) is 0 Å². The van der Waals surface area contributed by atoms with Gasteiger partial charge in [0.25, 0.3) is 0 Å². The van der Waals surface area contributed by atoms with Crippen LogP contribution in [0.5, 0.6) is 11.5 Å². The fourth-order valence-corrected chi connectivity index (χ4v) is 2.25. The number of ketones is 1. The molecule has 0 spiro atoms. The lowest BCUT2D eigenvalue weighted by Gasteiger charge is -2.11. The van der Waals surface area contributed by atoms with E-state index >= 15 is 0 Å². The molecule has 0 aliphatic heterocycles. The Morgan fingerprint density at radius 3 is 2.50 bits per heavy atom. The van der Waals surface area contributed by atoms with Gasteiger partial charge in [-0.1, -0.05) is 18.2 Å². The van der Waals surface area contributed by atoms with Gasteiger partial charge >= 0.3 is 0 Å². The Balaban J connectivity index is 1.85. The molecule has 2 rings (SSSR count). The van der Waals surface area contributed by atoms with Crippen LogP contribution in [-0.4, -0.2) is 32.0 Å². The number of Topliss-reactive ketones (excluding diaryl/α,β-unsaturated/α-hetero) is 1. The molecule has 0 radical (unpaired) electrons. The molecular weight excluding hydrogens is 306 g/mol. The van der Waals surface area contributed by atoms with Crippen molar-refractivity contribution in [1.29, 1.82) is 0 Å². The van der Waals surface area contributed by atoms with Gasteiger partial charge in [0.2, 0.25) is 5.91 Å². The number of hydrogen-bond donors (Lipinski definition) is 1. The summed E-state index contributed by atoms with van der Waals surface area (Å²) in [6, 6.07) is 14.5. The van der Waals surface area contributed by atoms with Gasteiger partial charge in [0.05, 0.1) is 20.1 Å². The summed E-state index contributed by atoms with van der Waals surface area (Å²) < 4.78 is 10.8. The molecule has 0 aliphatic rings. The summed E-state index contributed by atoms with van der Waals surface area (Å²) in [5.41, 5.74) is 1.25. The van der Waals surface area contributed by atoms with E-state index in [2.05, 4.69) is 5.32 Å². The predicted octanol–water partition coefficient (Wildman–Crippen LogP) is 2.64. The summed E-state index contributed by atoms with van der Waals surface area (Å²) in [6.07, 6.45) is 0.148. The van der Waals surface area contributed by atoms with E-state index < -0.39 is 0 Å². The summed E-state index contributed by atoms with van der Waals surface area (Å²) >= 11 is 0. The lowest BCUT2D eigenvalue weighted by Crippen LogP contribution is -2.29. The standard InChI is InChI=1S/C19H21NO4/c1-14(21)15-8-9-18(23-2)16(12-15)13-19(22)20-10-11-24-17-6-4-3-5-7-17/h3-9,12H,10-11,13H2,1-2H3,(H,20,22). The van der Waals surface area contributed by atoms with Crippen LogP contribution in [0.3, 0.4) is 0 Å². The minimum atomic E-state index is -0.148. The fourth-order valence-electron chi connectivity index (χ4n) is 2.25. The average molecular weight is 327 g/mol. The number of carbonyl (C=O) groups is 2. The molecule has 2 aromatic carbocycles. The van der Waals surface area contributed by atoms with E-state index in [9.17, 15) is 9.59 Å². The van der Waals surface area contributed by atoms with Gasteiger partial charge in [-0.15, -0.1) is 0 Å². The first-order valence-corrected chi connectivity index (χ1v) is 7.72. The quantitative estimate of drug-likeness (QED) is 0.598. The number of rotatable bonds is 8. The van der Waals surface area contributed by atoms with Crippen molar-refractivity contribution in [2.45, 2.75) is 13.3 Å². The van der Waals surface area contributed by atoms with Crippen molar-refractivity contribution in [1.82, 2.24) is 5.32 Å². The second kappa shape index (κ2) is 8.72.